The highest BCUT2D eigenvalue weighted by Gasteiger charge is 2.28. The van der Waals surface area contributed by atoms with Crippen LogP contribution in [0.3, 0.4) is 0 Å². The summed E-state index contributed by atoms with van der Waals surface area (Å²) in [6, 6.07) is 9.61. The summed E-state index contributed by atoms with van der Waals surface area (Å²) in [5.74, 6) is -0.230. The first-order valence-electron chi connectivity index (χ1n) is 7.78. The molecule has 0 saturated heterocycles. The topological polar surface area (TPSA) is 55.7 Å². The lowest BCUT2D eigenvalue weighted by molar-refractivity contribution is -0.155. The van der Waals surface area contributed by atoms with Gasteiger partial charge >= 0.3 is 5.97 Å². The van der Waals surface area contributed by atoms with Gasteiger partial charge in [-0.15, -0.1) is 0 Å². The fraction of sp³-hybridized carbons (Fsp3) is 0.556. The normalized spacial score (nSPS) is 14.0. The molecule has 0 aliphatic carbocycles. The van der Waals surface area contributed by atoms with Gasteiger partial charge in [0.05, 0.1) is 10.2 Å². The Bertz CT molecular complexity index is 559. The average molecular weight is 337 g/mol. The minimum absolute atomic E-state index is 0.230. The molecule has 128 valence electrons. The molecule has 0 aromatic heterocycles. The van der Waals surface area contributed by atoms with Gasteiger partial charge in [-0.25, -0.2) is 4.21 Å². The summed E-state index contributed by atoms with van der Waals surface area (Å²) in [5, 5.41) is 0. The van der Waals surface area contributed by atoms with Gasteiger partial charge in [-0.3, -0.25) is 4.79 Å². The number of nitrogens with zero attached hydrogens (tertiary/aromatic N) is 1. The van der Waals surface area contributed by atoms with Crippen molar-refractivity contribution in [3.8, 4) is 0 Å². The first-order chi connectivity index (χ1) is 10.6. The van der Waals surface area contributed by atoms with Crippen LogP contribution in [-0.2, 0) is 27.1 Å². The molecule has 1 atom stereocenters. The SMILES string of the molecule is CC(C)(CCC=NS(=O)C(C)(C)C)C(=O)OCc1ccccc1. The second kappa shape index (κ2) is 8.39. The van der Waals surface area contributed by atoms with Crippen LogP contribution in [0, 0.1) is 5.41 Å². The highest BCUT2D eigenvalue weighted by molar-refractivity contribution is 7.85. The smallest absolute Gasteiger partial charge is 0.311 e. The predicted molar refractivity (Wildman–Crippen MR) is 95.6 cm³/mol. The molecule has 0 fully saturated rings. The van der Waals surface area contributed by atoms with Crippen LogP contribution in [-0.4, -0.2) is 21.1 Å². The maximum atomic E-state index is 12.2. The number of benzene rings is 1. The van der Waals surface area contributed by atoms with Crippen molar-refractivity contribution in [2.75, 3.05) is 0 Å². The molecule has 1 unspecified atom stereocenters. The van der Waals surface area contributed by atoms with E-state index in [1.807, 2.05) is 65.0 Å². The van der Waals surface area contributed by atoms with Crippen LogP contribution in [0.15, 0.2) is 34.7 Å². The van der Waals surface area contributed by atoms with Gasteiger partial charge in [-0.2, -0.15) is 4.40 Å². The van der Waals surface area contributed by atoms with Crippen molar-refractivity contribution in [1.82, 2.24) is 0 Å². The molecule has 5 heteroatoms. The molecule has 0 radical (unpaired) electrons. The molecule has 0 spiro atoms. The van der Waals surface area contributed by atoms with Crippen molar-refractivity contribution in [2.24, 2.45) is 9.81 Å². The molecule has 0 saturated carbocycles. The first-order valence-corrected chi connectivity index (χ1v) is 8.89. The highest BCUT2D eigenvalue weighted by atomic mass is 32.2. The van der Waals surface area contributed by atoms with Gasteiger partial charge in [0, 0.05) is 6.21 Å². The van der Waals surface area contributed by atoms with Crippen molar-refractivity contribution in [2.45, 2.75) is 58.8 Å². The lowest BCUT2D eigenvalue weighted by atomic mass is 9.88. The molecular weight excluding hydrogens is 310 g/mol. The second-order valence-electron chi connectivity index (χ2n) is 7.13. The Morgan fingerprint density at radius 1 is 1.17 bits per heavy atom. The number of hydrogen-bond donors (Lipinski definition) is 0. The van der Waals surface area contributed by atoms with E-state index in [-0.39, 0.29) is 17.3 Å². The van der Waals surface area contributed by atoms with Crippen molar-refractivity contribution in [1.29, 1.82) is 0 Å². The summed E-state index contributed by atoms with van der Waals surface area (Å²) in [4.78, 5) is 12.2. The zero-order valence-electron chi connectivity index (χ0n) is 14.7. The monoisotopic (exact) mass is 337 g/mol. The standard InChI is InChI=1S/C18H27NO3S/c1-17(2,3)23(21)19-13-9-12-18(4,5)16(20)22-14-15-10-7-6-8-11-15/h6-8,10-11,13H,9,12,14H2,1-5H3. The quantitative estimate of drug-likeness (QED) is 0.557. The van der Waals surface area contributed by atoms with Crippen molar-refractivity contribution in [3.05, 3.63) is 35.9 Å². The molecule has 0 aliphatic rings. The Kier molecular flexibility index (Phi) is 7.13. The van der Waals surface area contributed by atoms with Crippen molar-refractivity contribution >= 4 is 23.2 Å². The van der Waals surface area contributed by atoms with Gasteiger partial charge in [0.15, 0.2) is 0 Å². The largest absolute Gasteiger partial charge is 0.460 e. The zero-order valence-corrected chi connectivity index (χ0v) is 15.5. The summed E-state index contributed by atoms with van der Waals surface area (Å²) >= 11 is 0. The maximum Gasteiger partial charge on any atom is 0.311 e. The van der Waals surface area contributed by atoms with Crippen LogP contribution in [0.1, 0.15) is 53.0 Å². The third kappa shape index (κ3) is 7.08. The summed E-state index contributed by atoms with van der Waals surface area (Å²) in [7, 11) is -1.25. The van der Waals surface area contributed by atoms with Crippen molar-refractivity contribution in [3.63, 3.8) is 0 Å². The highest BCUT2D eigenvalue weighted by Crippen LogP contribution is 2.24. The second-order valence-corrected chi connectivity index (χ2v) is 9.07. The van der Waals surface area contributed by atoms with E-state index in [9.17, 15) is 9.00 Å². The number of rotatable bonds is 7. The third-order valence-electron chi connectivity index (χ3n) is 3.36. The predicted octanol–water partition coefficient (Wildman–Crippen LogP) is 4.07. The van der Waals surface area contributed by atoms with Gasteiger partial charge in [0.1, 0.15) is 17.6 Å². The van der Waals surface area contributed by atoms with E-state index >= 15 is 0 Å². The lowest BCUT2D eigenvalue weighted by Crippen LogP contribution is -2.26. The molecule has 0 bridgehead atoms. The van der Waals surface area contributed by atoms with Crippen molar-refractivity contribution < 1.29 is 13.7 Å². The molecular formula is C18H27NO3S. The van der Waals surface area contributed by atoms with Crippen LogP contribution in [0.25, 0.3) is 0 Å². The summed E-state index contributed by atoms with van der Waals surface area (Å²) in [5.41, 5.74) is 0.378. The number of carbonyl (C=O) groups excluding carboxylic acids is 1. The minimum atomic E-state index is -1.25. The van der Waals surface area contributed by atoms with E-state index in [4.69, 9.17) is 4.74 Å². The molecule has 0 N–H and O–H groups in total. The lowest BCUT2D eigenvalue weighted by Gasteiger charge is -2.21. The fourth-order valence-corrected chi connectivity index (χ4v) is 2.28. The zero-order chi connectivity index (χ0) is 17.5. The van der Waals surface area contributed by atoms with Gasteiger partial charge in [-0.1, -0.05) is 30.3 Å². The Hall–Kier alpha value is -1.49. The Morgan fingerprint density at radius 2 is 1.78 bits per heavy atom. The number of ether oxygens (including phenoxy) is 1. The van der Waals surface area contributed by atoms with E-state index in [1.54, 1.807) is 6.21 Å². The molecule has 1 rings (SSSR count). The van der Waals surface area contributed by atoms with Gasteiger partial charge in [0.25, 0.3) is 0 Å². The first kappa shape index (κ1) is 19.6. The van der Waals surface area contributed by atoms with Crippen LogP contribution >= 0.6 is 0 Å². The average Bonchev–Trinajstić information content (AvgIpc) is 2.49. The molecule has 0 aliphatic heterocycles. The molecule has 0 amide bonds. The summed E-state index contributed by atoms with van der Waals surface area (Å²) in [6.07, 6.45) is 2.84. The van der Waals surface area contributed by atoms with Gasteiger partial charge in [0.2, 0.25) is 0 Å². The number of esters is 1. The Morgan fingerprint density at radius 3 is 2.35 bits per heavy atom. The molecule has 0 heterocycles. The van der Waals surface area contributed by atoms with E-state index < -0.39 is 16.4 Å². The molecule has 1 aromatic rings. The molecule has 1 aromatic carbocycles. The van der Waals surface area contributed by atoms with Crippen LogP contribution in [0.5, 0.6) is 0 Å². The molecule has 23 heavy (non-hydrogen) atoms. The van der Waals surface area contributed by atoms with E-state index in [2.05, 4.69) is 4.40 Å². The van der Waals surface area contributed by atoms with Crippen LogP contribution in [0.2, 0.25) is 0 Å². The summed E-state index contributed by atoms with van der Waals surface area (Å²) < 4.78 is 20.9. The maximum absolute atomic E-state index is 12.2. The minimum Gasteiger partial charge on any atom is -0.460 e. The number of hydrogen-bond acceptors (Lipinski definition) is 3. The van der Waals surface area contributed by atoms with Gasteiger partial charge < -0.3 is 4.74 Å². The Labute approximate surface area is 141 Å². The van der Waals surface area contributed by atoms with Gasteiger partial charge in [-0.05, 0) is 53.0 Å². The van der Waals surface area contributed by atoms with Crippen LogP contribution in [0.4, 0.5) is 0 Å². The molecule has 4 nitrogen and oxygen atoms in total. The third-order valence-corrected chi connectivity index (χ3v) is 4.75. The van der Waals surface area contributed by atoms with E-state index in [1.165, 1.54) is 0 Å². The van der Waals surface area contributed by atoms with E-state index in [0.717, 1.165) is 5.56 Å². The summed E-state index contributed by atoms with van der Waals surface area (Å²) in [6.45, 7) is 9.64. The fourth-order valence-electron chi connectivity index (χ4n) is 1.72. The number of carbonyl (C=O) groups is 1. The Balaban J connectivity index is 2.44. The van der Waals surface area contributed by atoms with Crippen LogP contribution < -0.4 is 0 Å². The van der Waals surface area contributed by atoms with E-state index in [0.29, 0.717) is 12.8 Å².